The second-order valence-corrected chi connectivity index (χ2v) is 5.27. The lowest BCUT2D eigenvalue weighted by molar-refractivity contribution is -0.144. The molecule has 0 saturated carbocycles. The molecule has 1 heterocycles. The van der Waals surface area contributed by atoms with Gasteiger partial charge >= 0.3 is 6.18 Å². The monoisotopic (exact) mass is 325 g/mol. The Hall–Kier alpha value is -2.31. The summed E-state index contributed by atoms with van der Waals surface area (Å²) < 4.78 is 40.3. The van der Waals surface area contributed by atoms with Gasteiger partial charge in [-0.05, 0) is 31.9 Å². The molecule has 124 valence electrons. The van der Waals surface area contributed by atoms with E-state index in [0.29, 0.717) is 0 Å². The van der Waals surface area contributed by atoms with E-state index in [1.54, 1.807) is 13.8 Å². The van der Waals surface area contributed by atoms with Gasteiger partial charge in [-0.3, -0.25) is 9.48 Å². The van der Waals surface area contributed by atoms with E-state index >= 15 is 0 Å². The van der Waals surface area contributed by atoms with Crippen LogP contribution in [0, 0.1) is 6.92 Å². The van der Waals surface area contributed by atoms with Crippen molar-refractivity contribution in [2.45, 2.75) is 39.5 Å². The lowest BCUT2D eigenvalue weighted by Gasteiger charge is -2.17. The zero-order valence-corrected chi connectivity index (χ0v) is 13.1. The third-order valence-corrected chi connectivity index (χ3v) is 3.65. The lowest BCUT2D eigenvalue weighted by atomic mass is 10.0. The predicted molar refractivity (Wildman–Crippen MR) is 80.0 cm³/mol. The molecule has 0 bridgehead atoms. The van der Waals surface area contributed by atoms with Crippen LogP contribution in [-0.2, 0) is 12.7 Å². The van der Waals surface area contributed by atoms with Crippen molar-refractivity contribution in [2.75, 3.05) is 0 Å². The normalized spacial score (nSPS) is 13.0. The molecule has 1 N–H and O–H groups in total. The Labute approximate surface area is 132 Å². The van der Waals surface area contributed by atoms with E-state index in [0.717, 1.165) is 22.0 Å². The first-order valence-corrected chi connectivity index (χ1v) is 7.25. The number of aryl methyl sites for hydroxylation is 2. The quantitative estimate of drug-likeness (QED) is 0.931. The topological polar surface area (TPSA) is 46.9 Å². The van der Waals surface area contributed by atoms with E-state index in [1.807, 2.05) is 31.2 Å². The van der Waals surface area contributed by atoms with Crippen LogP contribution in [0.5, 0.6) is 0 Å². The summed E-state index contributed by atoms with van der Waals surface area (Å²) in [6.07, 6.45) is -3.67. The van der Waals surface area contributed by atoms with Gasteiger partial charge in [0.25, 0.3) is 5.91 Å². The van der Waals surface area contributed by atoms with Crippen molar-refractivity contribution in [1.82, 2.24) is 15.1 Å². The van der Waals surface area contributed by atoms with Gasteiger partial charge in [0, 0.05) is 6.54 Å². The van der Waals surface area contributed by atoms with Crippen LogP contribution in [0.15, 0.2) is 30.5 Å². The van der Waals surface area contributed by atoms with Crippen LogP contribution in [-0.4, -0.2) is 15.7 Å². The zero-order valence-electron chi connectivity index (χ0n) is 13.1. The molecule has 23 heavy (non-hydrogen) atoms. The molecule has 0 aliphatic heterocycles. The summed E-state index contributed by atoms with van der Waals surface area (Å²) in [6, 6.07) is 6.99. The summed E-state index contributed by atoms with van der Waals surface area (Å²) in [4.78, 5) is 12.3. The second-order valence-electron chi connectivity index (χ2n) is 5.27. The number of amides is 1. The average Bonchev–Trinajstić information content (AvgIpc) is 2.91. The Bertz CT molecular complexity index is 707. The molecular formula is C16H18F3N3O. The van der Waals surface area contributed by atoms with Crippen molar-refractivity contribution in [3.8, 4) is 0 Å². The third kappa shape index (κ3) is 3.55. The summed E-state index contributed by atoms with van der Waals surface area (Å²) in [7, 11) is 0. The standard InChI is InChI=1S/C16H18F3N3O/c1-4-22-14(16(17,18)19)13(9-20-22)15(23)21-11(3)12-8-6-5-7-10(12)2/h5-9,11H,4H2,1-3H3,(H,21,23). The fraction of sp³-hybridized carbons (Fsp3) is 0.375. The smallest absolute Gasteiger partial charge is 0.345 e. The molecule has 0 radical (unpaired) electrons. The van der Waals surface area contributed by atoms with E-state index in [-0.39, 0.29) is 6.54 Å². The van der Waals surface area contributed by atoms with E-state index in [9.17, 15) is 18.0 Å². The number of carbonyl (C=O) groups is 1. The minimum absolute atomic E-state index is 0.0372. The van der Waals surface area contributed by atoms with Gasteiger partial charge in [0.1, 0.15) is 0 Å². The van der Waals surface area contributed by atoms with Gasteiger partial charge < -0.3 is 5.32 Å². The van der Waals surface area contributed by atoms with Crippen molar-refractivity contribution in [3.05, 3.63) is 52.8 Å². The zero-order chi connectivity index (χ0) is 17.2. The van der Waals surface area contributed by atoms with Crippen LogP contribution >= 0.6 is 0 Å². The summed E-state index contributed by atoms with van der Waals surface area (Å²) >= 11 is 0. The molecule has 1 unspecified atom stereocenters. The molecule has 0 fully saturated rings. The largest absolute Gasteiger partial charge is 0.433 e. The molecule has 0 aliphatic rings. The van der Waals surface area contributed by atoms with Crippen molar-refractivity contribution in [1.29, 1.82) is 0 Å². The Morgan fingerprint density at radius 2 is 2.00 bits per heavy atom. The number of hydrogen-bond acceptors (Lipinski definition) is 2. The molecule has 1 aromatic carbocycles. The summed E-state index contributed by atoms with van der Waals surface area (Å²) in [5, 5.41) is 6.27. The molecular weight excluding hydrogens is 307 g/mol. The average molecular weight is 325 g/mol. The first kappa shape index (κ1) is 17.1. The molecule has 4 nitrogen and oxygen atoms in total. The molecule has 2 aromatic rings. The van der Waals surface area contributed by atoms with Crippen LogP contribution in [0.25, 0.3) is 0 Å². The number of nitrogens with one attached hydrogen (secondary N) is 1. The number of rotatable bonds is 4. The molecule has 1 amide bonds. The van der Waals surface area contributed by atoms with Crippen molar-refractivity contribution < 1.29 is 18.0 Å². The Morgan fingerprint density at radius 3 is 2.57 bits per heavy atom. The molecule has 7 heteroatoms. The van der Waals surface area contributed by atoms with Crippen molar-refractivity contribution in [2.24, 2.45) is 0 Å². The minimum atomic E-state index is -4.63. The second kappa shape index (κ2) is 6.44. The van der Waals surface area contributed by atoms with Gasteiger partial charge in [0.05, 0.1) is 17.8 Å². The molecule has 0 spiro atoms. The maximum Gasteiger partial charge on any atom is 0.433 e. The van der Waals surface area contributed by atoms with Crippen molar-refractivity contribution >= 4 is 5.91 Å². The molecule has 0 aliphatic carbocycles. The van der Waals surface area contributed by atoms with E-state index in [2.05, 4.69) is 10.4 Å². The number of hydrogen-bond donors (Lipinski definition) is 1. The van der Waals surface area contributed by atoms with Gasteiger partial charge in [0.15, 0.2) is 5.69 Å². The number of aromatic nitrogens is 2. The van der Waals surface area contributed by atoms with Crippen LogP contribution in [0.3, 0.4) is 0 Å². The summed E-state index contributed by atoms with van der Waals surface area (Å²) in [5.41, 5.74) is 0.340. The maximum absolute atomic E-state index is 13.2. The fourth-order valence-electron chi connectivity index (χ4n) is 2.52. The van der Waals surface area contributed by atoms with Crippen molar-refractivity contribution in [3.63, 3.8) is 0 Å². The summed E-state index contributed by atoms with van der Waals surface area (Å²) in [6.45, 7) is 5.20. The van der Waals surface area contributed by atoms with Gasteiger partial charge in [-0.15, -0.1) is 0 Å². The number of carbonyl (C=O) groups excluding carboxylic acids is 1. The van der Waals surface area contributed by atoms with Gasteiger partial charge in [0.2, 0.25) is 0 Å². The minimum Gasteiger partial charge on any atom is -0.345 e. The Morgan fingerprint density at radius 1 is 1.35 bits per heavy atom. The van der Waals surface area contributed by atoms with E-state index in [1.165, 1.54) is 0 Å². The number of alkyl halides is 3. The van der Waals surface area contributed by atoms with Gasteiger partial charge in [-0.25, -0.2) is 0 Å². The number of nitrogens with zero attached hydrogens (tertiary/aromatic N) is 2. The number of halogens is 3. The fourth-order valence-corrected chi connectivity index (χ4v) is 2.52. The van der Waals surface area contributed by atoms with E-state index < -0.39 is 29.4 Å². The first-order valence-electron chi connectivity index (χ1n) is 7.25. The summed E-state index contributed by atoms with van der Waals surface area (Å²) in [5.74, 6) is -0.784. The molecule has 1 atom stereocenters. The highest BCUT2D eigenvalue weighted by atomic mass is 19.4. The predicted octanol–water partition coefficient (Wildman–Crippen LogP) is 3.72. The maximum atomic E-state index is 13.2. The van der Waals surface area contributed by atoms with E-state index in [4.69, 9.17) is 0 Å². The van der Waals surface area contributed by atoms with Crippen LogP contribution in [0.1, 0.15) is 47.1 Å². The molecule has 2 rings (SSSR count). The molecule has 1 aromatic heterocycles. The highest BCUT2D eigenvalue weighted by Gasteiger charge is 2.39. The van der Waals surface area contributed by atoms with Crippen LogP contribution in [0.2, 0.25) is 0 Å². The van der Waals surface area contributed by atoms with Crippen LogP contribution in [0.4, 0.5) is 13.2 Å². The Kier molecular flexibility index (Phi) is 4.77. The van der Waals surface area contributed by atoms with Gasteiger partial charge in [-0.2, -0.15) is 18.3 Å². The lowest BCUT2D eigenvalue weighted by Crippen LogP contribution is -2.29. The third-order valence-electron chi connectivity index (χ3n) is 3.65. The number of benzene rings is 1. The SMILES string of the molecule is CCn1ncc(C(=O)NC(C)c2ccccc2C)c1C(F)(F)F. The molecule has 0 saturated heterocycles. The Balaban J connectivity index is 2.28. The first-order chi connectivity index (χ1) is 10.8. The highest BCUT2D eigenvalue weighted by Crippen LogP contribution is 2.32. The van der Waals surface area contributed by atoms with Crippen LogP contribution < -0.4 is 5.32 Å². The van der Waals surface area contributed by atoms with Gasteiger partial charge in [-0.1, -0.05) is 24.3 Å². The highest BCUT2D eigenvalue weighted by molar-refractivity contribution is 5.95.